The van der Waals surface area contributed by atoms with Gasteiger partial charge in [0.05, 0.1) is 24.5 Å². The van der Waals surface area contributed by atoms with Crippen molar-refractivity contribution in [2.24, 2.45) is 10.9 Å². The minimum Gasteiger partial charge on any atom is -0.481 e. The molecule has 0 amide bonds. The smallest absolute Gasteiger partial charge is 0.438 e. The van der Waals surface area contributed by atoms with E-state index in [2.05, 4.69) is 25.9 Å². The molecule has 59 heavy (non-hydrogen) atoms. The van der Waals surface area contributed by atoms with Crippen LogP contribution in [0.1, 0.15) is 59.0 Å². The fourth-order valence-electron chi connectivity index (χ4n) is 8.77. The molecule has 0 unspecified atom stereocenters. The van der Waals surface area contributed by atoms with Gasteiger partial charge in [0, 0.05) is 58.1 Å². The molecule has 0 saturated carbocycles. The molecule has 0 bridgehead atoms. The van der Waals surface area contributed by atoms with Crippen molar-refractivity contribution in [3.05, 3.63) is 87.8 Å². The van der Waals surface area contributed by atoms with Crippen LogP contribution in [0.25, 0.3) is 33.4 Å². The van der Waals surface area contributed by atoms with E-state index < -0.39 is 35.9 Å². The van der Waals surface area contributed by atoms with Gasteiger partial charge in [0.25, 0.3) is 0 Å². The molecule has 8 rings (SSSR count). The Bertz CT molecular complexity index is 2540. The first-order valence-corrected chi connectivity index (χ1v) is 19.6. The Hall–Kier alpha value is -5.76. The van der Waals surface area contributed by atoms with E-state index in [0.29, 0.717) is 92.7 Å². The number of aliphatic carboxylic acids is 1. The third-order valence-corrected chi connectivity index (χ3v) is 11.7. The van der Waals surface area contributed by atoms with Crippen LogP contribution in [-0.4, -0.2) is 93.5 Å². The molecular weight excluding hydrogens is 768 g/mol. The summed E-state index contributed by atoms with van der Waals surface area (Å²) in [5, 5.41) is 30.2. The highest BCUT2D eigenvalue weighted by Crippen LogP contribution is 2.45. The van der Waals surface area contributed by atoms with E-state index in [-0.39, 0.29) is 24.0 Å². The average molecular weight is 812 g/mol. The van der Waals surface area contributed by atoms with E-state index in [1.54, 1.807) is 13.2 Å². The van der Waals surface area contributed by atoms with E-state index in [1.807, 2.05) is 58.9 Å². The van der Waals surface area contributed by atoms with Crippen LogP contribution < -0.4 is 15.0 Å². The summed E-state index contributed by atoms with van der Waals surface area (Å²) in [6.45, 7) is 5.16. The number of hydrogen-bond donors (Lipinski definition) is 2. The number of halogens is 3. The van der Waals surface area contributed by atoms with E-state index in [4.69, 9.17) is 13.9 Å². The maximum absolute atomic E-state index is 14.5. The zero-order chi connectivity index (χ0) is 41.6. The van der Waals surface area contributed by atoms with E-state index in [0.717, 1.165) is 33.4 Å². The number of carboxylic acid groups (broad SMARTS) is 1. The number of pyridine rings is 1. The maximum Gasteiger partial charge on any atom is 0.438 e. The molecule has 0 radical (unpaired) electrons. The lowest BCUT2D eigenvalue weighted by molar-refractivity contribution is -0.144. The van der Waals surface area contributed by atoms with Crippen LogP contribution in [0.5, 0.6) is 11.8 Å². The fourth-order valence-corrected chi connectivity index (χ4v) is 8.77. The number of rotatable bonds is 11. The number of nitriles is 1. The van der Waals surface area contributed by atoms with Crippen LogP contribution in [0.4, 0.5) is 13.2 Å². The lowest BCUT2D eigenvalue weighted by atomic mass is 9.91. The number of β-amino-alcohol motifs (C(OH)–C–C–N with tert-alkyl or cyclic N) is 1. The van der Waals surface area contributed by atoms with Crippen LogP contribution in [-0.2, 0) is 30.5 Å². The number of hydrogen-bond acceptors (Lipinski definition) is 11. The Labute approximate surface area is 338 Å². The van der Waals surface area contributed by atoms with Gasteiger partial charge in [0.2, 0.25) is 17.5 Å². The number of fused-ring (bicyclic) bond motifs is 2. The maximum atomic E-state index is 14.5. The van der Waals surface area contributed by atoms with Gasteiger partial charge in [-0.05, 0) is 73.0 Å². The third kappa shape index (κ3) is 7.77. The molecule has 308 valence electrons. The summed E-state index contributed by atoms with van der Waals surface area (Å²) in [5.41, 5.74) is 5.44. The van der Waals surface area contributed by atoms with Crippen LogP contribution in [0, 0.1) is 24.2 Å². The first-order chi connectivity index (χ1) is 28.4. The van der Waals surface area contributed by atoms with Crippen LogP contribution in [0.3, 0.4) is 0 Å². The van der Waals surface area contributed by atoms with Crippen molar-refractivity contribution in [2.45, 2.75) is 64.1 Å². The molecule has 13 nitrogen and oxygen atoms in total. The predicted molar refractivity (Wildman–Crippen MR) is 209 cm³/mol. The number of likely N-dealkylation sites (tertiary alicyclic amines) is 2. The molecule has 3 atom stereocenters. The summed E-state index contributed by atoms with van der Waals surface area (Å²) < 4.78 is 63.3. The number of alkyl halides is 3. The number of carboxylic acids is 1. The average Bonchev–Trinajstić information content (AvgIpc) is 4.04. The van der Waals surface area contributed by atoms with E-state index in [9.17, 15) is 33.4 Å². The summed E-state index contributed by atoms with van der Waals surface area (Å²) in [6.07, 6.45) is -2.29. The molecule has 2 N–H and O–H groups in total. The fraction of sp³-hybridized carbons (Fsp3) is 0.419. The molecule has 5 aromatic rings. The highest BCUT2D eigenvalue weighted by atomic mass is 19.4. The molecule has 16 heteroatoms. The summed E-state index contributed by atoms with van der Waals surface area (Å²) in [4.78, 5) is 28.2. The van der Waals surface area contributed by atoms with Crippen molar-refractivity contribution in [1.29, 1.82) is 5.26 Å². The van der Waals surface area contributed by atoms with E-state index >= 15 is 0 Å². The molecule has 3 aliphatic rings. The lowest BCUT2D eigenvalue weighted by Crippen LogP contribution is -2.31. The normalized spacial score (nSPS) is 20.0. The SMILES string of the molecule is CN=c1c2cc(-c3cccc(-c4cccc5c4CC[C@@H]5Oc4nc(OC)c(CN5CC[C@@H](O)C5)nc4C(F)(F)F)c3C)oc2c(C#N)cn1CCN1CC[C@@H](C(=O)O)C1. The van der Waals surface area contributed by atoms with Crippen LogP contribution in [0.2, 0.25) is 0 Å². The van der Waals surface area contributed by atoms with Gasteiger partial charge in [-0.3, -0.25) is 14.7 Å². The van der Waals surface area contributed by atoms with Crippen molar-refractivity contribution in [1.82, 2.24) is 24.3 Å². The Morgan fingerprint density at radius 2 is 1.80 bits per heavy atom. The van der Waals surface area contributed by atoms with Crippen molar-refractivity contribution in [2.75, 3.05) is 46.9 Å². The number of methoxy groups -OCH3 is 1. The number of benzene rings is 2. The van der Waals surface area contributed by atoms with Crippen molar-refractivity contribution < 1.29 is 42.1 Å². The van der Waals surface area contributed by atoms with Gasteiger partial charge in [-0.25, -0.2) is 4.98 Å². The summed E-state index contributed by atoms with van der Waals surface area (Å²) >= 11 is 0. The molecule has 5 heterocycles. The van der Waals surface area contributed by atoms with Gasteiger partial charge in [-0.15, -0.1) is 0 Å². The second kappa shape index (κ2) is 16.1. The number of nitrogens with zero attached hydrogens (tertiary/aromatic N) is 7. The van der Waals surface area contributed by atoms with Gasteiger partial charge in [0.1, 0.15) is 34.7 Å². The molecule has 2 fully saturated rings. The summed E-state index contributed by atoms with van der Waals surface area (Å²) in [5.74, 6) is -1.33. The molecule has 2 aromatic carbocycles. The van der Waals surface area contributed by atoms with Crippen LogP contribution >= 0.6 is 0 Å². The standard InChI is InChI=1S/C43H44F3N7O6/c1-24-28(6-4-7-29(24)36-18-33-37(58-36)26(19-47)21-53(39(33)48-2)17-16-51-14-12-25(20-51)42(55)56)30-8-5-9-32-31(30)10-11-35(32)59-41-38(43(44,45)46)49-34(40(50-41)57-3)23-52-15-13-27(54)22-52/h4-9,18,21,25,27,35,54H,10-17,20,22-23H2,1-3H3,(H,55,56)/t25-,27-,35+/m1/s1. The molecule has 3 aromatic heterocycles. The number of aliphatic hydroxyl groups is 1. The number of furan rings is 1. The number of carbonyl (C=O) groups is 1. The lowest BCUT2D eigenvalue weighted by Gasteiger charge is -2.21. The second-order valence-electron chi connectivity index (χ2n) is 15.4. The molecule has 1 aliphatic carbocycles. The van der Waals surface area contributed by atoms with Gasteiger partial charge in [-0.1, -0.05) is 36.4 Å². The zero-order valence-electron chi connectivity index (χ0n) is 32.9. The highest BCUT2D eigenvalue weighted by Gasteiger charge is 2.41. The Morgan fingerprint density at radius 3 is 2.49 bits per heavy atom. The Kier molecular flexibility index (Phi) is 10.9. The zero-order valence-corrected chi connectivity index (χ0v) is 32.9. The summed E-state index contributed by atoms with van der Waals surface area (Å²) in [6, 6.07) is 15.7. The Morgan fingerprint density at radius 1 is 1.03 bits per heavy atom. The predicted octanol–water partition coefficient (Wildman–Crippen LogP) is 6.14. The number of aliphatic hydroxyl groups excluding tert-OH is 1. The highest BCUT2D eigenvalue weighted by molar-refractivity contribution is 5.88. The molecule has 2 aliphatic heterocycles. The van der Waals surface area contributed by atoms with Crippen molar-refractivity contribution in [3.63, 3.8) is 0 Å². The monoisotopic (exact) mass is 811 g/mol. The molecular formula is C43H44F3N7O6. The van der Waals surface area contributed by atoms with Crippen LogP contribution in [0.15, 0.2) is 58.1 Å². The first kappa shape index (κ1) is 40.0. The third-order valence-electron chi connectivity index (χ3n) is 11.7. The second-order valence-corrected chi connectivity index (χ2v) is 15.4. The van der Waals surface area contributed by atoms with Gasteiger partial charge in [0.15, 0.2) is 5.58 Å². The van der Waals surface area contributed by atoms with Gasteiger partial charge < -0.3 is 33.6 Å². The summed E-state index contributed by atoms with van der Waals surface area (Å²) in [7, 11) is 3.01. The Balaban J connectivity index is 1.09. The molecule has 2 saturated heterocycles. The quantitative estimate of drug-likeness (QED) is 0.158. The van der Waals surface area contributed by atoms with Gasteiger partial charge in [-0.2, -0.15) is 23.4 Å². The largest absolute Gasteiger partial charge is 0.481 e. The van der Waals surface area contributed by atoms with Gasteiger partial charge >= 0.3 is 12.1 Å². The molecule has 0 spiro atoms. The van der Waals surface area contributed by atoms with E-state index in [1.165, 1.54) is 7.11 Å². The number of ether oxygens (including phenoxy) is 2. The minimum atomic E-state index is -4.84. The topological polar surface area (TPSA) is 162 Å². The first-order valence-electron chi connectivity index (χ1n) is 19.6. The number of aromatic nitrogens is 3. The van der Waals surface area contributed by atoms with Crippen molar-refractivity contribution >= 4 is 16.9 Å². The van der Waals surface area contributed by atoms with Crippen molar-refractivity contribution in [3.8, 4) is 40.3 Å². The minimum absolute atomic E-state index is 0.0216.